The predicted octanol–water partition coefficient (Wildman–Crippen LogP) is 5.16. The molecular weight excluding hydrogens is 351 g/mol. The second kappa shape index (κ2) is 8.37. The fourth-order valence-electron chi connectivity index (χ4n) is 3.06. The molecule has 0 amide bonds. The minimum atomic E-state index is -0.191. The maximum absolute atomic E-state index is 13.4. The highest BCUT2D eigenvalue weighted by atomic mass is 35.5. The van der Waals surface area contributed by atoms with Crippen molar-refractivity contribution in [3.05, 3.63) is 70.0 Å². The molecule has 0 bridgehead atoms. The summed E-state index contributed by atoms with van der Waals surface area (Å²) in [6.07, 6.45) is 3.66. The molecule has 4 rings (SSSR count). The lowest BCUT2D eigenvalue weighted by Crippen LogP contribution is -2.26. The van der Waals surface area contributed by atoms with Crippen molar-refractivity contribution in [1.82, 2.24) is 0 Å². The average Bonchev–Trinajstić information content (AvgIpc) is 3.22. The van der Waals surface area contributed by atoms with Crippen LogP contribution in [0, 0.1) is 5.82 Å². The van der Waals surface area contributed by atoms with Crippen molar-refractivity contribution in [3.63, 3.8) is 0 Å². The number of fused-ring (bicyclic) bond motifs is 1. The SMILES string of the molecule is C1=NCCO1.CC(C1=Cc2ccc(F)cc2N(C)C1)c1ccc(Cl)cc1. The van der Waals surface area contributed by atoms with E-state index < -0.39 is 0 Å². The Morgan fingerprint density at radius 2 is 1.96 bits per heavy atom. The van der Waals surface area contributed by atoms with Gasteiger partial charge in [-0.1, -0.05) is 36.7 Å². The molecule has 0 saturated carbocycles. The van der Waals surface area contributed by atoms with E-state index in [9.17, 15) is 4.39 Å². The van der Waals surface area contributed by atoms with Crippen LogP contribution < -0.4 is 4.90 Å². The quantitative estimate of drug-likeness (QED) is 0.727. The van der Waals surface area contributed by atoms with Gasteiger partial charge in [0.1, 0.15) is 12.4 Å². The van der Waals surface area contributed by atoms with E-state index in [4.69, 9.17) is 11.6 Å². The molecule has 3 nitrogen and oxygen atoms in total. The summed E-state index contributed by atoms with van der Waals surface area (Å²) in [5.74, 6) is 0.117. The smallest absolute Gasteiger partial charge is 0.169 e. The second-order valence-electron chi connectivity index (χ2n) is 6.43. The molecule has 0 saturated heterocycles. The van der Waals surface area contributed by atoms with Gasteiger partial charge >= 0.3 is 0 Å². The number of likely N-dealkylation sites (N-methyl/N-ethyl adjacent to an activating group) is 1. The maximum atomic E-state index is 13.4. The zero-order valence-electron chi connectivity index (χ0n) is 15.0. The summed E-state index contributed by atoms with van der Waals surface area (Å²) < 4.78 is 18.0. The van der Waals surface area contributed by atoms with Crippen LogP contribution in [0.2, 0.25) is 5.02 Å². The lowest BCUT2D eigenvalue weighted by Gasteiger charge is -2.30. The van der Waals surface area contributed by atoms with E-state index in [1.807, 2.05) is 25.2 Å². The second-order valence-corrected chi connectivity index (χ2v) is 6.87. The number of aliphatic imine (C=N–C) groups is 1. The topological polar surface area (TPSA) is 24.8 Å². The highest BCUT2D eigenvalue weighted by Crippen LogP contribution is 2.34. The van der Waals surface area contributed by atoms with Crippen LogP contribution in [0.4, 0.5) is 10.1 Å². The van der Waals surface area contributed by atoms with Crippen molar-refractivity contribution in [2.45, 2.75) is 12.8 Å². The van der Waals surface area contributed by atoms with Crippen LogP contribution in [-0.4, -0.2) is 33.1 Å². The highest BCUT2D eigenvalue weighted by Gasteiger charge is 2.20. The first-order chi connectivity index (χ1) is 12.5. The normalized spacial score (nSPS) is 16.2. The van der Waals surface area contributed by atoms with Gasteiger partial charge < -0.3 is 9.64 Å². The van der Waals surface area contributed by atoms with Crippen molar-refractivity contribution in [1.29, 1.82) is 0 Å². The zero-order valence-corrected chi connectivity index (χ0v) is 15.7. The number of halogens is 2. The van der Waals surface area contributed by atoms with E-state index in [2.05, 4.69) is 39.8 Å². The van der Waals surface area contributed by atoms with Crippen molar-refractivity contribution in [3.8, 4) is 0 Å². The maximum Gasteiger partial charge on any atom is 0.169 e. The van der Waals surface area contributed by atoms with Crippen molar-refractivity contribution in [2.75, 3.05) is 31.6 Å². The standard InChI is InChI=1S/C18H17ClFN.C3H5NO/c1-12(13-3-6-16(19)7-4-13)15-9-14-5-8-17(20)10-18(14)21(2)11-15;1-2-5-3-4-1/h3-10,12H,11H2,1-2H3;3H,1-2H2. The molecule has 0 N–H and O–H groups in total. The molecule has 5 heteroatoms. The zero-order chi connectivity index (χ0) is 18.5. The molecule has 1 atom stereocenters. The molecule has 0 aromatic heterocycles. The molecule has 0 aliphatic carbocycles. The summed E-state index contributed by atoms with van der Waals surface area (Å²) in [6.45, 7) is 4.62. The third-order valence-electron chi connectivity index (χ3n) is 4.58. The van der Waals surface area contributed by atoms with Gasteiger partial charge in [-0.15, -0.1) is 0 Å². The summed E-state index contributed by atoms with van der Waals surface area (Å²) in [7, 11) is 2.00. The molecule has 2 aliphatic heterocycles. The van der Waals surface area contributed by atoms with Crippen LogP contribution in [0.3, 0.4) is 0 Å². The van der Waals surface area contributed by atoms with Gasteiger partial charge in [0.05, 0.1) is 6.54 Å². The Labute approximate surface area is 158 Å². The lowest BCUT2D eigenvalue weighted by atomic mass is 9.89. The van der Waals surface area contributed by atoms with Crippen molar-refractivity contribution < 1.29 is 9.13 Å². The Hall–Kier alpha value is -2.33. The number of hydrogen-bond donors (Lipinski definition) is 0. The van der Waals surface area contributed by atoms with Gasteiger partial charge in [0.2, 0.25) is 0 Å². The van der Waals surface area contributed by atoms with Gasteiger partial charge in [-0.25, -0.2) is 4.39 Å². The molecule has 26 heavy (non-hydrogen) atoms. The number of rotatable bonds is 2. The number of nitrogens with zero attached hydrogens (tertiary/aromatic N) is 2. The largest absolute Gasteiger partial charge is 0.482 e. The summed E-state index contributed by atoms with van der Waals surface area (Å²) in [4.78, 5) is 5.83. The van der Waals surface area contributed by atoms with Gasteiger partial charge in [-0.05, 0) is 47.0 Å². The summed E-state index contributed by atoms with van der Waals surface area (Å²) >= 11 is 5.95. The minimum absolute atomic E-state index is 0.191. The van der Waals surface area contributed by atoms with Crippen LogP contribution >= 0.6 is 11.6 Å². The lowest BCUT2D eigenvalue weighted by molar-refractivity contribution is 0.361. The number of benzene rings is 2. The number of ether oxygens (including phenoxy) is 1. The van der Waals surface area contributed by atoms with Gasteiger partial charge in [0.15, 0.2) is 6.40 Å². The van der Waals surface area contributed by atoms with E-state index >= 15 is 0 Å². The fourth-order valence-corrected chi connectivity index (χ4v) is 3.19. The molecule has 1 unspecified atom stereocenters. The predicted molar refractivity (Wildman–Crippen MR) is 107 cm³/mol. The van der Waals surface area contributed by atoms with Crippen LogP contribution in [0.15, 0.2) is 53.0 Å². The van der Waals surface area contributed by atoms with Gasteiger partial charge in [0, 0.05) is 30.2 Å². The Morgan fingerprint density at radius 3 is 2.58 bits per heavy atom. The first-order valence-electron chi connectivity index (χ1n) is 8.61. The van der Waals surface area contributed by atoms with E-state index in [1.165, 1.54) is 23.6 Å². The number of hydrogen-bond acceptors (Lipinski definition) is 3. The molecule has 0 radical (unpaired) electrons. The van der Waals surface area contributed by atoms with Crippen LogP contribution in [-0.2, 0) is 4.74 Å². The molecule has 0 fully saturated rings. The van der Waals surface area contributed by atoms with Crippen LogP contribution in [0.5, 0.6) is 0 Å². The van der Waals surface area contributed by atoms with Crippen molar-refractivity contribution >= 4 is 29.8 Å². The highest BCUT2D eigenvalue weighted by molar-refractivity contribution is 6.30. The number of anilines is 1. The molecule has 2 aromatic carbocycles. The van der Waals surface area contributed by atoms with Gasteiger partial charge in [0.25, 0.3) is 0 Å². The Bertz CT molecular complexity index is 811. The fraction of sp³-hybridized carbons (Fsp3) is 0.286. The van der Waals surface area contributed by atoms with Crippen LogP contribution in [0.1, 0.15) is 24.0 Å². The molecule has 136 valence electrons. The van der Waals surface area contributed by atoms with E-state index in [0.29, 0.717) is 5.92 Å². The molecule has 2 heterocycles. The Morgan fingerprint density at radius 1 is 1.19 bits per heavy atom. The van der Waals surface area contributed by atoms with E-state index in [0.717, 1.165) is 36.0 Å². The van der Waals surface area contributed by atoms with Gasteiger partial charge in [-0.2, -0.15) is 0 Å². The molecule has 0 spiro atoms. The summed E-state index contributed by atoms with van der Waals surface area (Å²) in [5.41, 5.74) is 4.58. The van der Waals surface area contributed by atoms with Gasteiger partial charge in [-0.3, -0.25) is 4.99 Å². The first-order valence-corrected chi connectivity index (χ1v) is 8.99. The Kier molecular flexibility index (Phi) is 5.94. The Balaban J connectivity index is 0.000000339. The first kappa shape index (κ1) is 18.5. The average molecular weight is 373 g/mol. The molecule has 2 aromatic rings. The summed E-state index contributed by atoms with van der Waals surface area (Å²) in [5, 5.41) is 0.751. The van der Waals surface area contributed by atoms with Crippen molar-refractivity contribution in [2.24, 2.45) is 4.99 Å². The van der Waals surface area contributed by atoms with E-state index in [-0.39, 0.29) is 5.82 Å². The van der Waals surface area contributed by atoms with E-state index in [1.54, 1.807) is 6.07 Å². The van der Waals surface area contributed by atoms with Crippen LogP contribution in [0.25, 0.3) is 6.08 Å². The molecule has 2 aliphatic rings. The molecular formula is C21H22ClFN2O. The third-order valence-corrected chi connectivity index (χ3v) is 4.83. The summed E-state index contributed by atoms with van der Waals surface area (Å²) in [6, 6.07) is 12.9. The monoisotopic (exact) mass is 372 g/mol. The third kappa shape index (κ3) is 4.44. The minimum Gasteiger partial charge on any atom is -0.482 e.